The molecular formula is C20H26N4O2. The number of carbonyl (C=O) groups is 1. The molecule has 0 unspecified atom stereocenters. The number of ether oxygens (including phenoxy) is 1. The Bertz CT molecular complexity index is 702. The number of piperazine rings is 1. The van der Waals surface area contributed by atoms with Gasteiger partial charge in [0.25, 0.3) is 0 Å². The van der Waals surface area contributed by atoms with Crippen LogP contribution in [-0.2, 0) is 4.79 Å². The summed E-state index contributed by atoms with van der Waals surface area (Å²) in [5, 5.41) is 6.93. The number of aromatic nitrogens is 2. The predicted octanol–water partition coefficient (Wildman–Crippen LogP) is 2.05. The Morgan fingerprint density at radius 1 is 1.08 bits per heavy atom. The predicted molar refractivity (Wildman–Crippen MR) is 100 cm³/mol. The van der Waals surface area contributed by atoms with E-state index in [2.05, 4.69) is 20.0 Å². The van der Waals surface area contributed by atoms with Crippen molar-refractivity contribution in [1.82, 2.24) is 20.0 Å². The van der Waals surface area contributed by atoms with Gasteiger partial charge in [-0.3, -0.25) is 19.7 Å². The molecule has 2 aliphatic rings. The average Bonchev–Trinajstić information content (AvgIpc) is 3.39. The van der Waals surface area contributed by atoms with Crippen LogP contribution in [-0.4, -0.2) is 71.7 Å². The van der Waals surface area contributed by atoms with Crippen LogP contribution in [0.5, 0.6) is 5.75 Å². The fourth-order valence-electron chi connectivity index (χ4n) is 3.37. The van der Waals surface area contributed by atoms with Crippen molar-refractivity contribution in [3.05, 3.63) is 36.5 Å². The number of H-pyrrole nitrogens is 1. The Morgan fingerprint density at radius 2 is 1.81 bits per heavy atom. The van der Waals surface area contributed by atoms with Crippen molar-refractivity contribution in [2.24, 2.45) is 5.92 Å². The molecule has 1 aliphatic heterocycles. The van der Waals surface area contributed by atoms with Crippen LogP contribution >= 0.6 is 0 Å². The number of hydrogen-bond donors (Lipinski definition) is 1. The van der Waals surface area contributed by atoms with E-state index in [4.69, 9.17) is 4.74 Å². The third-order valence-electron chi connectivity index (χ3n) is 5.22. The number of nitrogens with one attached hydrogen (secondary N) is 1. The SMILES string of the molecule is O=C(CN1CCN(CCOc2ccc(-c3ccn[nH]3)cc2)CC1)C1CC1. The molecule has 2 heterocycles. The summed E-state index contributed by atoms with van der Waals surface area (Å²) in [5.41, 5.74) is 2.11. The molecule has 6 heteroatoms. The molecule has 1 saturated heterocycles. The second kappa shape index (κ2) is 8.01. The van der Waals surface area contributed by atoms with Gasteiger partial charge in [0.15, 0.2) is 0 Å². The highest BCUT2D eigenvalue weighted by Crippen LogP contribution is 2.30. The first kappa shape index (κ1) is 17.2. The molecule has 2 aromatic rings. The summed E-state index contributed by atoms with van der Waals surface area (Å²) in [6, 6.07) is 10.0. The maximum atomic E-state index is 11.9. The van der Waals surface area contributed by atoms with E-state index in [0.717, 1.165) is 62.6 Å². The summed E-state index contributed by atoms with van der Waals surface area (Å²) >= 11 is 0. The van der Waals surface area contributed by atoms with Crippen molar-refractivity contribution in [1.29, 1.82) is 0 Å². The minimum Gasteiger partial charge on any atom is -0.492 e. The Kier molecular flexibility index (Phi) is 5.32. The second-order valence-corrected chi connectivity index (χ2v) is 7.20. The van der Waals surface area contributed by atoms with Crippen molar-refractivity contribution in [2.75, 3.05) is 45.9 Å². The summed E-state index contributed by atoms with van der Waals surface area (Å²) < 4.78 is 5.88. The first-order valence-corrected chi connectivity index (χ1v) is 9.48. The van der Waals surface area contributed by atoms with Gasteiger partial charge in [0.05, 0.1) is 12.2 Å². The number of hydrogen-bond acceptors (Lipinski definition) is 5. The Morgan fingerprint density at radius 3 is 2.46 bits per heavy atom. The first-order chi connectivity index (χ1) is 12.8. The minimum atomic E-state index is 0.376. The molecule has 1 saturated carbocycles. The van der Waals surface area contributed by atoms with E-state index in [0.29, 0.717) is 24.9 Å². The number of aromatic amines is 1. The lowest BCUT2D eigenvalue weighted by Gasteiger charge is -2.34. The molecule has 2 fully saturated rings. The molecule has 0 bridgehead atoms. The van der Waals surface area contributed by atoms with Crippen LogP contribution in [0.2, 0.25) is 0 Å². The van der Waals surface area contributed by atoms with E-state index in [1.165, 1.54) is 0 Å². The van der Waals surface area contributed by atoms with Crippen LogP contribution in [0.15, 0.2) is 36.5 Å². The largest absolute Gasteiger partial charge is 0.492 e. The summed E-state index contributed by atoms with van der Waals surface area (Å²) in [6.07, 6.45) is 3.97. The van der Waals surface area contributed by atoms with Crippen LogP contribution in [0, 0.1) is 5.92 Å². The van der Waals surface area contributed by atoms with Crippen LogP contribution < -0.4 is 4.74 Å². The third kappa shape index (κ3) is 4.51. The Hall–Kier alpha value is -2.18. The number of carbonyl (C=O) groups excluding carboxylic acids is 1. The van der Waals surface area contributed by atoms with Gasteiger partial charge in [0, 0.05) is 44.8 Å². The van der Waals surface area contributed by atoms with Gasteiger partial charge in [0.2, 0.25) is 0 Å². The molecule has 6 nitrogen and oxygen atoms in total. The molecule has 1 aromatic heterocycles. The maximum Gasteiger partial charge on any atom is 0.149 e. The van der Waals surface area contributed by atoms with E-state index in [9.17, 15) is 4.79 Å². The van der Waals surface area contributed by atoms with E-state index in [1.807, 2.05) is 30.3 Å². The van der Waals surface area contributed by atoms with Crippen LogP contribution in [0.3, 0.4) is 0 Å². The molecule has 4 rings (SSSR count). The van der Waals surface area contributed by atoms with Crippen LogP contribution in [0.1, 0.15) is 12.8 Å². The smallest absolute Gasteiger partial charge is 0.149 e. The van der Waals surface area contributed by atoms with Gasteiger partial charge in [-0.25, -0.2) is 0 Å². The average molecular weight is 354 g/mol. The van der Waals surface area contributed by atoms with Gasteiger partial charge in [0.1, 0.15) is 18.1 Å². The lowest BCUT2D eigenvalue weighted by atomic mass is 10.1. The first-order valence-electron chi connectivity index (χ1n) is 9.48. The van der Waals surface area contributed by atoms with Gasteiger partial charge in [-0.05, 0) is 48.7 Å². The van der Waals surface area contributed by atoms with Crippen LogP contribution in [0.4, 0.5) is 0 Å². The normalized spacial score (nSPS) is 18.8. The second-order valence-electron chi connectivity index (χ2n) is 7.20. The van der Waals surface area contributed by atoms with Crippen molar-refractivity contribution in [3.8, 4) is 17.0 Å². The number of rotatable bonds is 8. The quantitative estimate of drug-likeness (QED) is 0.786. The Labute approximate surface area is 154 Å². The van der Waals surface area contributed by atoms with Crippen LogP contribution in [0.25, 0.3) is 11.3 Å². The van der Waals surface area contributed by atoms with Gasteiger partial charge >= 0.3 is 0 Å². The molecule has 0 radical (unpaired) electrons. The zero-order valence-electron chi connectivity index (χ0n) is 15.1. The maximum absolute atomic E-state index is 11.9. The molecule has 1 aromatic carbocycles. The monoisotopic (exact) mass is 354 g/mol. The number of ketones is 1. The fourth-order valence-corrected chi connectivity index (χ4v) is 3.37. The molecule has 0 spiro atoms. The lowest BCUT2D eigenvalue weighted by molar-refractivity contribution is -0.121. The molecule has 0 amide bonds. The lowest BCUT2D eigenvalue weighted by Crippen LogP contribution is -2.48. The summed E-state index contributed by atoms with van der Waals surface area (Å²) in [6.45, 7) is 6.25. The zero-order chi connectivity index (χ0) is 17.8. The number of benzene rings is 1. The van der Waals surface area contributed by atoms with Gasteiger partial charge < -0.3 is 4.74 Å². The van der Waals surface area contributed by atoms with Crippen molar-refractivity contribution < 1.29 is 9.53 Å². The minimum absolute atomic E-state index is 0.376. The zero-order valence-corrected chi connectivity index (χ0v) is 15.1. The Balaban J connectivity index is 1.15. The standard InChI is InChI=1S/C20H26N4O2/c25-20(17-1-2-17)15-24-11-9-23(10-12-24)13-14-26-18-5-3-16(4-6-18)19-7-8-21-22-19/h3-8,17H,1-2,9-15H2,(H,21,22). The van der Waals surface area contributed by atoms with E-state index in [-0.39, 0.29) is 0 Å². The summed E-state index contributed by atoms with van der Waals surface area (Å²) in [7, 11) is 0. The molecule has 1 aliphatic carbocycles. The highest BCUT2D eigenvalue weighted by atomic mass is 16.5. The summed E-state index contributed by atoms with van der Waals surface area (Å²) in [5.74, 6) is 1.71. The third-order valence-corrected chi connectivity index (χ3v) is 5.22. The topological polar surface area (TPSA) is 61.5 Å². The van der Waals surface area contributed by atoms with E-state index < -0.39 is 0 Å². The van der Waals surface area contributed by atoms with Crippen molar-refractivity contribution in [3.63, 3.8) is 0 Å². The van der Waals surface area contributed by atoms with E-state index in [1.54, 1.807) is 6.20 Å². The number of nitrogens with zero attached hydrogens (tertiary/aromatic N) is 3. The highest BCUT2D eigenvalue weighted by Gasteiger charge is 2.31. The summed E-state index contributed by atoms with van der Waals surface area (Å²) in [4.78, 5) is 16.6. The molecule has 0 atom stereocenters. The highest BCUT2D eigenvalue weighted by molar-refractivity contribution is 5.85. The fraction of sp³-hybridized carbons (Fsp3) is 0.500. The van der Waals surface area contributed by atoms with Gasteiger partial charge in [-0.1, -0.05) is 0 Å². The number of Topliss-reactive ketones (excluding diaryl/α,β-unsaturated/α-hetero) is 1. The molecule has 1 N–H and O–H groups in total. The van der Waals surface area contributed by atoms with Gasteiger partial charge in [-0.15, -0.1) is 0 Å². The molecule has 138 valence electrons. The molecular weight excluding hydrogens is 328 g/mol. The van der Waals surface area contributed by atoms with Crippen molar-refractivity contribution >= 4 is 5.78 Å². The van der Waals surface area contributed by atoms with Gasteiger partial charge in [-0.2, -0.15) is 5.10 Å². The molecule has 26 heavy (non-hydrogen) atoms. The van der Waals surface area contributed by atoms with E-state index >= 15 is 0 Å². The van der Waals surface area contributed by atoms with Crippen molar-refractivity contribution in [2.45, 2.75) is 12.8 Å².